The number of aliphatic carboxylic acids is 1. The average molecular weight is 180 g/mol. The molecule has 0 heterocycles. The quantitative estimate of drug-likeness (QED) is 0.668. The maximum absolute atomic E-state index is 10.6. The van der Waals surface area contributed by atoms with E-state index < -0.39 is 21.7 Å². The average Bonchev–Trinajstić information content (AvgIpc) is 1.80. The predicted octanol–water partition coefficient (Wildman–Crippen LogP) is 0.142. The van der Waals surface area contributed by atoms with E-state index in [4.69, 9.17) is 5.11 Å². The standard InChI is InChI=1S/C6H12O4S/c1-3-5(6(7)8)4-11(2,9)10/h5H,3-4H2,1-2H3,(H,7,8). The van der Waals surface area contributed by atoms with Gasteiger partial charge in [-0.15, -0.1) is 0 Å². The molecule has 1 N–H and O–H groups in total. The summed E-state index contributed by atoms with van der Waals surface area (Å²) in [6, 6.07) is 0. The lowest BCUT2D eigenvalue weighted by Crippen LogP contribution is -2.22. The Balaban J connectivity index is 4.22. The minimum atomic E-state index is -3.16. The molecule has 1 atom stereocenters. The van der Waals surface area contributed by atoms with Crippen molar-refractivity contribution in [3.05, 3.63) is 0 Å². The molecule has 0 aliphatic carbocycles. The Labute approximate surface area is 66.1 Å². The van der Waals surface area contributed by atoms with Crippen LogP contribution in [0, 0.1) is 5.92 Å². The fourth-order valence-electron chi connectivity index (χ4n) is 0.729. The van der Waals surface area contributed by atoms with Gasteiger partial charge >= 0.3 is 5.97 Å². The Morgan fingerprint density at radius 2 is 2.00 bits per heavy atom. The van der Waals surface area contributed by atoms with Crippen LogP contribution in [0.15, 0.2) is 0 Å². The van der Waals surface area contributed by atoms with Crippen LogP contribution in [0.1, 0.15) is 13.3 Å². The van der Waals surface area contributed by atoms with E-state index in [0.717, 1.165) is 6.26 Å². The molecular weight excluding hydrogens is 168 g/mol. The first-order valence-electron chi connectivity index (χ1n) is 3.27. The van der Waals surface area contributed by atoms with Gasteiger partial charge in [0, 0.05) is 6.26 Å². The van der Waals surface area contributed by atoms with Crippen LogP contribution in [0.25, 0.3) is 0 Å². The van der Waals surface area contributed by atoms with Gasteiger partial charge in [0.25, 0.3) is 0 Å². The number of rotatable bonds is 4. The fourth-order valence-corrected chi connectivity index (χ4v) is 1.84. The highest BCUT2D eigenvalue weighted by Crippen LogP contribution is 2.05. The number of hydrogen-bond donors (Lipinski definition) is 1. The number of carbonyl (C=O) groups is 1. The molecule has 1 unspecified atom stereocenters. The molecule has 0 aromatic rings. The van der Waals surface area contributed by atoms with Gasteiger partial charge in [0.15, 0.2) is 0 Å². The SMILES string of the molecule is CCC(CS(C)(=O)=O)C(=O)O. The largest absolute Gasteiger partial charge is 0.481 e. The Bertz CT molecular complexity index is 229. The van der Waals surface area contributed by atoms with Crippen molar-refractivity contribution in [1.82, 2.24) is 0 Å². The number of sulfone groups is 1. The lowest BCUT2D eigenvalue weighted by molar-refractivity contribution is -0.141. The van der Waals surface area contributed by atoms with E-state index in [1.54, 1.807) is 6.92 Å². The van der Waals surface area contributed by atoms with Crippen LogP contribution in [0.5, 0.6) is 0 Å². The second-order valence-electron chi connectivity index (χ2n) is 2.54. The first-order valence-corrected chi connectivity index (χ1v) is 5.33. The highest BCUT2D eigenvalue weighted by molar-refractivity contribution is 7.90. The van der Waals surface area contributed by atoms with Gasteiger partial charge in [-0.2, -0.15) is 0 Å². The summed E-state index contributed by atoms with van der Waals surface area (Å²) < 4.78 is 21.3. The normalized spacial score (nSPS) is 14.4. The van der Waals surface area contributed by atoms with Crippen LogP contribution in [0.4, 0.5) is 0 Å². The van der Waals surface area contributed by atoms with Crippen LogP contribution < -0.4 is 0 Å². The molecule has 4 nitrogen and oxygen atoms in total. The number of carboxylic acids is 1. The zero-order valence-corrected chi connectivity index (χ0v) is 7.39. The zero-order valence-electron chi connectivity index (χ0n) is 6.57. The molecule has 0 radical (unpaired) electrons. The van der Waals surface area contributed by atoms with Crippen molar-refractivity contribution in [3.63, 3.8) is 0 Å². The van der Waals surface area contributed by atoms with Gasteiger partial charge in [-0.3, -0.25) is 4.79 Å². The van der Waals surface area contributed by atoms with Gasteiger partial charge in [-0.05, 0) is 6.42 Å². The molecule has 0 aliphatic rings. The molecule has 11 heavy (non-hydrogen) atoms. The molecule has 0 aromatic heterocycles. The molecule has 5 heteroatoms. The van der Waals surface area contributed by atoms with Gasteiger partial charge in [0.05, 0.1) is 11.7 Å². The second-order valence-corrected chi connectivity index (χ2v) is 4.72. The first kappa shape index (κ1) is 10.4. The van der Waals surface area contributed by atoms with Crippen LogP contribution in [0.3, 0.4) is 0 Å². The lowest BCUT2D eigenvalue weighted by atomic mass is 10.1. The summed E-state index contributed by atoms with van der Waals surface area (Å²) in [5.74, 6) is -2.07. The smallest absolute Gasteiger partial charge is 0.307 e. The zero-order chi connectivity index (χ0) is 9.07. The number of carboxylic acid groups (broad SMARTS) is 1. The van der Waals surface area contributed by atoms with E-state index in [1.807, 2.05) is 0 Å². The summed E-state index contributed by atoms with van der Waals surface area (Å²) >= 11 is 0. The first-order chi connectivity index (χ1) is 4.87. The Kier molecular flexibility index (Phi) is 3.51. The molecular formula is C6H12O4S. The summed E-state index contributed by atoms with van der Waals surface area (Å²) in [6.45, 7) is 1.66. The van der Waals surface area contributed by atoms with Crippen molar-refractivity contribution in [1.29, 1.82) is 0 Å². The minimum absolute atomic E-state index is 0.265. The van der Waals surface area contributed by atoms with Crippen molar-refractivity contribution < 1.29 is 18.3 Å². The van der Waals surface area contributed by atoms with E-state index in [9.17, 15) is 13.2 Å². The van der Waals surface area contributed by atoms with E-state index in [-0.39, 0.29) is 5.75 Å². The van der Waals surface area contributed by atoms with E-state index in [2.05, 4.69) is 0 Å². The molecule has 0 rings (SSSR count). The Hall–Kier alpha value is -0.580. The van der Waals surface area contributed by atoms with Gasteiger partial charge in [0.2, 0.25) is 0 Å². The molecule has 0 saturated heterocycles. The highest BCUT2D eigenvalue weighted by Gasteiger charge is 2.19. The highest BCUT2D eigenvalue weighted by atomic mass is 32.2. The molecule has 0 aromatic carbocycles. The molecule has 66 valence electrons. The van der Waals surface area contributed by atoms with Crippen LogP contribution >= 0.6 is 0 Å². The van der Waals surface area contributed by atoms with Gasteiger partial charge in [0.1, 0.15) is 9.84 Å². The molecule has 0 bridgehead atoms. The monoisotopic (exact) mass is 180 g/mol. The molecule has 0 saturated carbocycles. The summed E-state index contributed by atoms with van der Waals surface area (Å²) in [5, 5.41) is 8.47. The van der Waals surface area contributed by atoms with Gasteiger partial charge < -0.3 is 5.11 Å². The fraction of sp³-hybridized carbons (Fsp3) is 0.833. The third kappa shape index (κ3) is 4.78. The Morgan fingerprint density at radius 3 is 2.09 bits per heavy atom. The summed E-state index contributed by atoms with van der Waals surface area (Å²) in [4.78, 5) is 10.3. The molecule has 0 spiro atoms. The second kappa shape index (κ2) is 3.71. The van der Waals surface area contributed by atoms with Crippen molar-refractivity contribution in [2.24, 2.45) is 5.92 Å². The van der Waals surface area contributed by atoms with Crippen molar-refractivity contribution in [3.8, 4) is 0 Å². The van der Waals surface area contributed by atoms with Gasteiger partial charge in [-0.25, -0.2) is 8.42 Å². The third-order valence-electron chi connectivity index (χ3n) is 1.35. The van der Waals surface area contributed by atoms with Gasteiger partial charge in [-0.1, -0.05) is 6.92 Å². The maximum Gasteiger partial charge on any atom is 0.307 e. The number of hydrogen-bond acceptors (Lipinski definition) is 3. The molecule has 0 aliphatic heterocycles. The maximum atomic E-state index is 10.6. The van der Waals surface area contributed by atoms with Crippen molar-refractivity contribution >= 4 is 15.8 Å². The minimum Gasteiger partial charge on any atom is -0.481 e. The topological polar surface area (TPSA) is 71.4 Å². The van der Waals surface area contributed by atoms with Crippen LogP contribution in [-0.2, 0) is 14.6 Å². The van der Waals surface area contributed by atoms with E-state index in [1.165, 1.54) is 0 Å². The lowest BCUT2D eigenvalue weighted by Gasteiger charge is -2.06. The van der Waals surface area contributed by atoms with Crippen LogP contribution in [-0.4, -0.2) is 31.5 Å². The molecule has 0 amide bonds. The van der Waals surface area contributed by atoms with E-state index in [0.29, 0.717) is 6.42 Å². The van der Waals surface area contributed by atoms with Crippen molar-refractivity contribution in [2.75, 3.05) is 12.0 Å². The summed E-state index contributed by atoms with van der Waals surface area (Å²) in [5.41, 5.74) is 0. The predicted molar refractivity (Wildman–Crippen MR) is 41.1 cm³/mol. The molecule has 0 fully saturated rings. The summed E-state index contributed by atoms with van der Waals surface area (Å²) in [7, 11) is -3.16. The third-order valence-corrected chi connectivity index (χ3v) is 2.35. The van der Waals surface area contributed by atoms with Crippen molar-refractivity contribution in [2.45, 2.75) is 13.3 Å². The Morgan fingerprint density at radius 1 is 1.55 bits per heavy atom. The van der Waals surface area contributed by atoms with Crippen LogP contribution in [0.2, 0.25) is 0 Å². The summed E-state index contributed by atoms with van der Waals surface area (Å²) in [6.07, 6.45) is 1.39. The van der Waals surface area contributed by atoms with E-state index >= 15 is 0 Å².